The van der Waals surface area contributed by atoms with Gasteiger partial charge in [-0.05, 0) is 68.3 Å². The van der Waals surface area contributed by atoms with Crippen molar-refractivity contribution in [3.8, 4) is 34.0 Å². The van der Waals surface area contributed by atoms with Crippen LogP contribution in [0.5, 0.6) is 11.5 Å². The van der Waals surface area contributed by atoms with Crippen molar-refractivity contribution in [2.75, 3.05) is 13.2 Å². The van der Waals surface area contributed by atoms with Crippen molar-refractivity contribution in [1.82, 2.24) is 15.3 Å². The molecule has 46 heavy (non-hydrogen) atoms. The zero-order chi connectivity index (χ0) is 33.2. The number of oxazole rings is 1. The lowest BCUT2D eigenvalue weighted by Crippen LogP contribution is -2.51. The summed E-state index contributed by atoms with van der Waals surface area (Å²) >= 11 is 0. The number of nitrogens with two attached hydrogens (primary N) is 1. The van der Waals surface area contributed by atoms with Gasteiger partial charge in [0.05, 0.1) is 31.4 Å². The van der Waals surface area contributed by atoms with Gasteiger partial charge in [0, 0.05) is 29.2 Å². The summed E-state index contributed by atoms with van der Waals surface area (Å²) in [6, 6.07) is 9.83. The van der Waals surface area contributed by atoms with Crippen LogP contribution in [-0.2, 0) is 16.8 Å². The van der Waals surface area contributed by atoms with Crippen molar-refractivity contribution in [3.05, 3.63) is 83.3 Å². The van der Waals surface area contributed by atoms with Crippen LogP contribution in [0.1, 0.15) is 47.3 Å². The normalized spacial score (nSPS) is 14.4. The minimum absolute atomic E-state index is 0.0368. The number of aromatic nitrogens is 2. The van der Waals surface area contributed by atoms with Crippen molar-refractivity contribution in [2.24, 2.45) is 5.73 Å². The number of alkyl halides is 3. The van der Waals surface area contributed by atoms with Gasteiger partial charge in [0.25, 0.3) is 5.91 Å². The quantitative estimate of drug-likeness (QED) is 0.183. The number of hydrogen-bond acceptors (Lipinski definition) is 8. The van der Waals surface area contributed by atoms with Gasteiger partial charge in [0.15, 0.2) is 5.89 Å². The largest absolute Gasteiger partial charge is 0.491 e. The number of rotatable bonds is 12. The summed E-state index contributed by atoms with van der Waals surface area (Å²) in [6.45, 7) is 1.96. The van der Waals surface area contributed by atoms with Crippen molar-refractivity contribution < 1.29 is 46.1 Å². The highest BCUT2D eigenvalue weighted by molar-refractivity contribution is 5.95. The van der Waals surface area contributed by atoms with Crippen LogP contribution in [0.3, 0.4) is 0 Å². The van der Waals surface area contributed by atoms with E-state index in [9.17, 15) is 32.3 Å². The van der Waals surface area contributed by atoms with Crippen LogP contribution in [0.2, 0.25) is 0 Å². The molecule has 242 valence electrons. The number of amides is 2. The molecule has 0 bridgehead atoms. The highest BCUT2D eigenvalue weighted by Crippen LogP contribution is 2.42. The first-order valence-corrected chi connectivity index (χ1v) is 14.3. The van der Waals surface area contributed by atoms with Crippen molar-refractivity contribution >= 4 is 11.8 Å². The van der Waals surface area contributed by atoms with E-state index >= 15 is 0 Å². The fraction of sp³-hybridized carbons (Fsp3) is 0.312. The van der Waals surface area contributed by atoms with Crippen LogP contribution in [0.25, 0.3) is 22.5 Å². The standard InChI is InChI=1S/C32H30F4N4O6/c1-3-44-29-20(14-27(37)41)13-26(40-28(29)18-4-7-21(33)8-5-18)31(43,32(34,35)36)16-38-30(42)19-6-11-23(24-15-45-17(2)39-24)25(12-19)46-22-9-10-22/h4-8,11-13,15,22,43H,3,9-10,14,16H2,1-2H3,(H2,37,41)(H,38,42)/t31-/m0/s1. The third kappa shape index (κ3) is 6.96. The molecule has 0 aliphatic heterocycles. The molecule has 0 unspecified atom stereocenters. The molecule has 2 amide bonds. The Morgan fingerprint density at radius 2 is 1.83 bits per heavy atom. The summed E-state index contributed by atoms with van der Waals surface area (Å²) in [5, 5.41) is 13.4. The fourth-order valence-electron chi connectivity index (χ4n) is 4.70. The SMILES string of the molecule is CCOc1c(CC(N)=O)cc([C@@](O)(CNC(=O)c2ccc(-c3coc(C)n3)c(OC3CC3)c2)C(F)(F)F)nc1-c1ccc(F)cc1. The maximum Gasteiger partial charge on any atom is 0.424 e. The van der Waals surface area contributed by atoms with Gasteiger partial charge in [-0.25, -0.2) is 14.4 Å². The van der Waals surface area contributed by atoms with Crippen molar-refractivity contribution in [3.63, 3.8) is 0 Å². The van der Waals surface area contributed by atoms with Gasteiger partial charge in [-0.3, -0.25) is 9.59 Å². The highest BCUT2D eigenvalue weighted by Gasteiger charge is 2.56. The number of primary amides is 1. The predicted octanol–water partition coefficient (Wildman–Crippen LogP) is 5.00. The molecule has 2 aromatic heterocycles. The molecule has 4 aromatic rings. The minimum Gasteiger partial charge on any atom is -0.491 e. The molecule has 0 saturated heterocycles. The van der Waals surface area contributed by atoms with E-state index in [0.717, 1.165) is 31.0 Å². The zero-order valence-corrected chi connectivity index (χ0v) is 24.8. The average Bonchev–Trinajstić information content (AvgIpc) is 3.72. The molecule has 0 spiro atoms. The highest BCUT2D eigenvalue weighted by atomic mass is 19.4. The van der Waals surface area contributed by atoms with Gasteiger partial charge >= 0.3 is 6.18 Å². The number of carbonyl (C=O) groups is 2. The van der Waals surface area contributed by atoms with E-state index in [0.29, 0.717) is 22.9 Å². The van der Waals surface area contributed by atoms with Crippen LogP contribution < -0.4 is 20.5 Å². The van der Waals surface area contributed by atoms with E-state index in [2.05, 4.69) is 15.3 Å². The Kier molecular flexibility index (Phi) is 9.01. The molecule has 1 fully saturated rings. The van der Waals surface area contributed by atoms with E-state index in [1.807, 2.05) is 0 Å². The summed E-state index contributed by atoms with van der Waals surface area (Å²) in [5.41, 5.74) is 1.52. The molecule has 2 heterocycles. The number of halogens is 4. The van der Waals surface area contributed by atoms with Gasteiger partial charge in [-0.2, -0.15) is 13.2 Å². The summed E-state index contributed by atoms with van der Waals surface area (Å²) in [6.07, 6.45) is -2.96. The number of hydrogen-bond donors (Lipinski definition) is 3. The Morgan fingerprint density at radius 1 is 1.11 bits per heavy atom. The second-order valence-corrected chi connectivity index (χ2v) is 10.7. The van der Waals surface area contributed by atoms with E-state index in [1.165, 1.54) is 30.5 Å². The van der Waals surface area contributed by atoms with Gasteiger partial charge in [0.2, 0.25) is 11.5 Å². The molecule has 1 saturated carbocycles. The smallest absolute Gasteiger partial charge is 0.424 e. The van der Waals surface area contributed by atoms with E-state index in [-0.39, 0.29) is 40.8 Å². The molecule has 14 heteroatoms. The van der Waals surface area contributed by atoms with Crippen molar-refractivity contribution in [2.45, 2.75) is 51.0 Å². The van der Waals surface area contributed by atoms with Crippen LogP contribution in [-0.4, -0.2) is 52.3 Å². The van der Waals surface area contributed by atoms with Crippen LogP contribution >= 0.6 is 0 Å². The zero-order valence-electron chi connectivity index (χ0n) is 24.8. The second kappa shape index (κ2) is 12.8. The average molecular weight is 643 g/mol. The summed E-state index contributed by atoms with van der Waals surface area (Å²) < 4.78 is 74.6. The molecular formula is C32H30F4N4O6. The molecule has 2 aromatic carbocycles. The van der Waals surface area contributed by atoms with E-state index < -0.39 is 48.1 Å². The molecule has 1 aliphatic rings. The molecule has 0 radical (unpaired) electrons. The van der Waals surface area contributed by atoms with E-state index in [4.69, 9.17) is 19.6 Å². The lowest BCUT2D eigenvalue weighted by molar-refractivity contribution is -0.265. The van der Waals surface area contributed by atoms with Gasteiger partial charge in [-0.1, -0.05) is 0 Å². The predicted molar refractivity (Wildman–Crippen MR) is 156 cm³/mol. The number of pyridine rings is 1. The number of carbonyl (C=O) groups excluding carboxylic acids is 2. The Morgan fingerprint density at radius 3 is 2.41 bits per heavy atom. The van der Waals surface area contributed by atoms with E-state index in [1.54, 1.807) is 19.9 Å². The maximum atomic E-state index is 14.7. The van der Waals surface area contributed by atoms with Gasteiger partial charge < -0.3 is 30.0 Å². The molecule has 10 nitrogen and oxygen atoms in total. The first-order valence-electron chi connectivity index (χ1n) is 14.3. The number of ether oxygens (including phenoxy) is 2. The Balaban J connectivity index is 1.51. The third-order valence-electron chi connectivity index (χ3n) is 7.18. The van der Waals surface area contributed by atoms with Crippen LogP contribution in [0.4, 0.5) is 17.6 Å². The Bertz CT molecular complexity index is 1750. The molecular weight excluding hydrogens is 612 g/mol. The number of benzene rings is 2. The first-order chi connectivity index (χ1) is 21.8. The maximum absolute atomic E-state index is 14.7. The summed E-state index contributed by atoms with van der Waals surface area (Å²) in [4.78, 5) is 33.5. The Labute approximate surface area is 260 Å². The number of nitrogens with zero attached hydrogens (tertiary/aromatic N) is 2. The summed E-state index contributed by atoms with van der Waals surface area (Å²) in [5.74, 6) is -1.79. The minimum atomic E-state index is -5.36. The van der Waals surface area contributed by atoms with Gasteiger partial charge in [-0.15, -0.1) is 0 Å². The van der Waals surface area contributed by atoms with Crippen molar-refractivity contribution in [1.29, 1.82) is 0 Å². The first kappa shape index (κ1) is 32.4. The Hall–Kier alpha value is -4.98. The molecule has 5 rings (SSSR count). The topological polar surface area (TPSA) is 150 Å². The summed E-state index contributed by atoms with van der Waals surface area (Å²) in [7, 11) is 0. The number of aryl methyl sites for hydroxylation is 1. The van der Waals surface area contributed by atoms with Crippen LogP contribution in [0, 0.1) is 12.7 Å². The monoisotopic (exact) mass is 642 g/mol. The van der Waals surface area contributed by atoms with Crippen LogP contribution in [0.15, 0.2) is 59.2 Å². The third-order valence-corrected chi connectivity index (χ3v) is 7.18. The molecule has 1 aliphatic carbocycles. The number of aliphatic hydroxyl groups is 1. The lowest BCUT2D eigenvalue weighted by atomic mass is 9.93. The second-order valence-electron chi connectivity index (χ2n) is 10.7. The lowest BCUT2D eigenvalue weighted by Gasteiger charge is -2.31. The molecule has 4 N–H and O–H groups in total. The number of nitrogens with one attached hydrogen (secondary N) is 1. The van der Waals surface area contributed by atoms with Gasteiger partial charge in [0.1, 0.15) is 35.0 Å². The fourth-order valence-corrected chi connectivity index (χ4v) is 4.70. The molecule has 1 atom stereocenters.